The molecule has 0 saturated heterocycles. The van der Waals surface area contributed by atoms with Crippen molar-refractivity contribution < 1.29 is 49.0 Å². The Labute approximate surface area is 227 Å². The maximum atomic E-state index is 3.30. The van der Waals surface area contributed by atoms with Crippen molar-refractivity contribution in [1.82, 2.24) is 0 Å². The summed E-state index contributed by atoms with van der Waals surface area (Å²) in [6, 6.07) is 28.9. The van der Waals surface area contributed by atoms with Crippen LogP contribution in [0.15, 0.2) is 91.0 Å². The van der Waals surface area contributed by atoms with Gasteiger partial charge in [-0.1, -0.05) is 35.4 Å². The molecule has 0 heterocycles. The Bertz CT molecular complexity index is 969. The number of rotatable bonds is 5. The van der Waals surface area contributed by atoms with Crippen molar-refractivity contribution in [3.8, 4) is 11.1 Å². The van der Waals surface area contributed by atoms with Crippen molar-refractivity contribution in [3.63, 3.8) is 0 Å². The Morgan fingerprint density at radius 3 is 2.30 bits per heavy atom. The molecular weight excluding hydrogens is 522 g/mol. The zero-order valence-electron chi connectivity index (χ0n) is 19.2. The second-order valence-electron chi connectivity index (χ2n) is 7.77. The van der Waals surface area contributed by atoms with Gasteiger partial charge < -0.3 is 24.8 Å². The van der Waals surface area contributed by atoms with E-state index >= 15 is 0 Å². The standard InChI is InChI=1S/C13H9.C12H16.C5H5.2ClH.Zr/c1-3-7-12-10(5-1)9-11-6-2-4-8-13(11)12;1-2-3-4-6-9-12-10-7-5-8-11-12;1-2-4-5-3-1;;;/h1-5,7-8H,9H2;5,7-8,10-11H,2-4,9H2,1H3;1-3H,4H2;2*1H;/q-1;;-1;;;+2/p-2. The van der Waals surface area contributed by atoms with Crippen LogP contribution in [0.4, 0.5) is 0 Å². The van der Waals surface area contributed by atoms with Crippen LogP contribution in [-0.2, 0) is 37.1 Å². The minimum Gasteiger partial charge on any atom is -1.00 e. The number of hydrogen-bond donors (Lipinski definition) is 0. The second kappa shape index (κ2) is 17.0. The number of fused-ring (bicyclic) bond motifs is 3. The third-order valence-electron chi connectivity index (χ3n) is 5.29. The zero-order chi connectivity index (χ0) is 21.7. The molecule has 0 N–H and O–H groups in total. The predicted molar refractivity (Wildman–Crippen MR) is 130 cm³/mol. The van der Waals surface area contributed by atoms with Crippen LogP contribution in [0.3, 0.4) is 0 Å². The summed E-state index contributed by atoms with van der Waals surface area (Å²) in [5.74, 6) is 0. The van der Waals surface area contributed by atoms with Gasteiger partial charge in [0.15, 0.2) is 0 Å². The molecule has 0 aromatic heterocycles. The molecular formula is C30H30Cl2Zr-2. The first-order valence-corrected chi connectivity index (χ1v) is 12.4. The molecule has 0 amide bonds. The van der Waals surface area contributed by atoms with Gasteiger partial charge in [-0.15, -0.1) is 12.0 Å². The summed E-state index contributed by atoms with van der Waals surface area (Å²) in [6.07, 6.45) is 16.2. The molecule has 0 atom stereocenters. The van der Waals surface area contributed by atoms with Crippen LogP contribution in [0.25, 0.3) is 11.1 Å². The van der Waals surface area contributed by atoms with Crippen molar-refractivity contribution in [3.05, 3.63) is 120 Å². The fourth-order valence-corrected chi connectivity index (χ4v) is 4.59. The Hall–Kier alpha value is -1.53. The first-order valence-electron chi connectivity index (χ1n) is 11.2. The molecule has 33 heavy (non-hydrogen) atoms. The van der Waals surface area contributed by atoms with Crippen LogP contribution >= 0.6 is 0 Å². The van der Waals surface area contributed by atoms with E-state index in [1.807, 2.05) is 18.2 Å². The van der Waals surface area contributed by atoms with Crippen molar-refractivity contribution in [2.75, 3.05) is 0 Å². The van der Waals surface area contributed by atoms with Gasteiger partial charge >= 0.3 is 95.9 Å². The van der Waals surface area contributed by atoms with Gasteiger partial charge in [0, 0.05) is 0 Å². The molecule has 3 aromatic carbocycles. The fraction of sp³-hybridized carbons (Fsp3) is 0.233. The third-order valence-corrected chi connectivity index (χ3v) is 6.34. The molecule has 0 bridgehead atoms. The molecule has 5 rings (SSSR count). The fourth-order valence-electron chi connectivity index (χ4n) is 3.66. The summed E-state index contributed by atoms with van der Waals surface area (Å²) in [4.78, 5) is 0. The van der Waals surface area contributed by atoms with Crippen LogP contribution in [0.5, 0.6) is 0 Å². The van der Waals surface area contributed by atoms with E-state index in [1.54, 1.807) is 27.4 Å². The number of hydrogen-bond acceptors (Lipinski definition) is 0. The quantitative estimate of drug-likeness (QED) is 0.330. The van der Waals surface area contributed by atoms with Gasteiger partial charge in [-0.05, 0) is 6.42 Å². The molecule has 0 fully saturated rings. The number of benzene rings is 3. The average molecular weight is 553 g/mol. The molecule has 3 aromatic rings. The Morgan fingerprint density at radius 2 is 1.64 bits per heavy atom. The van der Waals surface area contributed by atoms with E-state index in [4.69, 9.17) is 0 Å². The Balaban J connectivity index is 0.000000260. The number of halogens is 2. The van der Waals surface area contributed by atoms with E-state index in [1.165, 1.54) is 53.5 Å². The summed E-state index contributed by atoms with van der Waals surface area (Å²) in [6.45, 7) is 2.26. The zero-order valence-corrected chi connectivity index (χ0v) is 23.1. The predicted octanol–water partition coefficient (Wildman–Crippen LogP) is 1.51. The minimum atomic E-state index is 0. The Kier molecular flexibility index (Phi) is 15.2. The summed E-state index contributed by atoms with van der Waals surface area (Å²) < 4.78 is 1.69. The van der Waals surface area contributed by atoms with Crippen LogP contribution in [0, 0.1) is 12.1 Å². The van der Waals surface area contributed by atoms with E-state index < -0.39 is 0 Å². The van der Waals surface area contributed by atoms with Gasteiger partial charge in [0.2, 0.25) is 0 Å². The van der Waals surface area contributed by atoms with Gasteiger partial charge in [0.25, 0.3) is 0 Å². The summed E-state index contributed by atoms with van der Waals surface area (Å²) in [5.41, 5.74) is 6.97. The van der Waals surface area contributed by atoms with E-state index in [0.29, 0.717) is 0 Å². The first-order chi connectivity index (χ1) is 15.3. The van der Waals surface area contributed by atoms with Crippen molar-refractivity contribution in [2.24, 2.45) is 0 Å². The van der Waals surface area contributed by atoms with E-state index in [2.05, 4.69) is 91.9 Å². The normalized spacial score (nSPS) is 11.5. The molecule has 0 nitrogen and oxygen atoms in total. The van der Waals surface area contributed by atoms with E-state index in [9.17, 15) is 0 Å². The van der Waals surface area contributed by atoms with E-state index in [0.717, 1.165) is 12.8 Å². The summed E-state index contributed by atoms with van der Waals surface area (Å²) in [5, 5.41) is 0. The van der Waals surface area contributed by atoms with Crippen molar-refractivity contribution >= 4 is 3.21 Å². The van der Waals surface area contributed by atoms with Gasteiger partial charge in [-0.3, -0.25) is 6.08 Å². The molecule has 0 saturated carbocycles. The monoisotopic (exact) mass is 550 g/mol. The number of unbranched alkanes of at least 4 members (excludes halogenated alkanes) is 1. The molecule has 2 aliphatic rings. The SMILES string of the molecule is CCCC[C](=[Zr+2])Cc1ccccc1.[C-]1=CC=CC1.[Cl-].[Cl-].[c-]1cccc2c1Cc1ccccc1-2. The maximum Gasteiger partial charge on any atom is -0.0253 e. The number of allylic oxidation sites excluding steroid dienone is 4. The molecule has 2 aliphatic carbocycles. The van der Waals surface area contributed by atoms with Gasteiger partial charge in [0.05, 0.1) is 0 Å². The van der Waals surface area contributed by atoms with Crippen LogP contribution < -0.4 is 24.8 Å². The topological polar surface area (TPSA) is 0 Å². The molecule has 0 aliphatic heterocycles. The third kappa shape index (κ3) is 10.1. The second-order valence-corrected chi connectivity index (χ2v) is 9.51. The van der Waals surface area contributed by atoms with Gasteiger partial charge in [0.1, 0.15) is 0 Å². The van der Waals surface area contributed by atoms with E-state index in [-0.39, 0.29) is 24.8 Å². The first kappa shape index (κ1) is 29.5. The molecule has 170 valence electrons. The van der Waals surface area contributed by atoms with Crippen LogP contribution in [0.1, 0.15) is 49.3 Å². The molecule has 0 radical (unpaired) electrons. The Morgan fingerprint density at radius 1 is 0.909 bits per heavy atom. The van der Waals surface area contributed by atoms with Crippen LogP contribution in [0.2, 0.25) is 0 Å². The van der Waals surface area contributed by atoms with Gasteiger partial charge in [-0.25, -0.2) is 12.2 Å². The summed E-state index contributed by atoms with van der Waals surface area (Å²) >= 11 is 1.61. The van der Waals surface area contributed by atoms with Crippen molar-refractivity contribution in [2.45, 2.75) is 45.4 Å². The summed E-state index contributed by atoms with van der Waals surface area (Å²) in [7, 11) is 0. The van der Waals surface area contributed by atoms with Crippen LogP contribution in [-0.4, -0.2) is 3.21 Å². The smallest absolute Gasteiger partial charge is 0.0253 e. The maximum absolute atomic E-state index is 3.30. The van der Waals surface area contributed by atoms with Gasteiger partial charge in [-0.2, -0.15) is 35.9 Å². The minimum absolute atomic E-state index is 0. The van der Waals surface area contributed by atoms with Crippen molar-refractivity contribution in [1.29, 1.82) is 0 Å². The largest absolute Gasteiger partial charge is 1.00 e. The molecule has 0 unspecified atom stereocenters. The average Bonchev–Trinajstić information content (AvgIpc) is 3.50. The molecule has 0 spiro atoms. The molecule has 3 heteroatoms.